The Bertz CT molecular complexity index is 238. The zero-order valence-corrected chi connectivity index (χ0v) is 11.3. The van der Waals surface area contributed by atoms with Crippen molar-refractivity contribution in [3.05, 3.63) is 0 Å². The first-order valence-corrected chi connectivity index (χ1v) is 6.54. The fraction of sp³-hybridized carbons (Fsp3) is 0.923. The number of rotatable bonds is 9. The largest absolute Gasteiger partial charge is 0.385 e. The molecule has 4 nitrogen and oxygen atoms in total. The Morgan fingerprint density at radius 2 is 2.12 bits per heavy atom. The van der Waals surface area contributed by atoms with Crippen molar-refractivity contribution >= 4 is 5.91 Å². The SMILES string of the molecule is COCCC1(CNCC(=O)NCC(C)C)CC1. The van der Waals surface area contributed by atoms with Crippen LogP contribution in [0.1, 0.15) is 33.1 Å². The van der Waals surface area contributed by atoms with Crippen LogP contribution in [-0.2, 0) is 9.53 Å². The monoisotopic (exact) mass is 242 g/mol. The Labute approximate surface area is 104 Å². The molecule has 0 bridgehead atoms. The van der Waals surface area contributed by atoms with Gasteiger partial charge < -0.3 is 15.4 Å². The summed E-state index contributed by atoms with van der Waals surface area (Å²) in [4.78, 5) is 11.5. The van der Waals surface area contributed by atoms with Gasteiger partial charge in [0, 0.05) is 26.8 Å². The molecule has 2 N–H and O–H groups in total. The van der Waals surface area contributed by atoms with Crippen molar-refractivity contribution in [2.75, 3.05) is 33.4 Å². The van der Waals surface area contributed by atoms with Crippen LogP contribution in [0.2, 0.25) is 0 Å². The molecule has 0 aliphatic heterocycles. The van der Waals surface area contributed by atoms with Gasteiger partial charge in [-0.15, -0.1) is 0 Å². The Morgan fingerprint density at radius 1 is 1.41 bits per heavy atom. The van der Waals surface area contributed by atoms with Crippen molar-refractivity contribution in [3.63, 3.8) is 0 Å². The molecule has 1 saturated carbocycles. The van der Waals surface area contributed by atoms with E-state index in [1.54, 1.807) is 7.11 Å². The topological polar surface area (TPSA) is 50.4 Å². The molecule has 0 saturated heterocycles. The molecule has 0 atom stereocenters. The Hall–Kier alpha value is -0.610. The molecule has 100 valence electrons. The lowest BCUT2D eigenvalue weighted by atomic mass is 10.0. The number of carbonyl (C=O) groups excluding carboxylic acids is 1. The summed E-state index contributed by atoms with van der Waals surface area (Å²) in [6.45, 7) is 7.14. The summed E-state index contributed by atoms with van der Waals surface area (Å²) in [6.07, 6.45) is 3.62. The van der Waals surface area contributed by atoms with Gasteiger partial charge in [0.2, 0.25) is 5.91 Å². The van der Waals surface area contributed by atoms with Gasteiger partial charge >= 0.3 is 0 Å². The van der Waals surface area contributed by atoms with Gasteiger partial charge in [0.25, 0.3) is 0 Å². The lowest BCUT2D eigenvalue weighted by Crippen LogP contribution is -2.38. The molecule has 0 radical (unpaired) electrons. The highest BCUT2D eigenvalue weighted by molar-refractivity contribution is 5.77. The Balaban J connectivity index is 2.05. The molecule has 1 aliphatic rings. The number of ether oxygens (including phenoxy) is 1. The van der Waals surface area contributed by atoms with Crippen LogP contribution in [0.5, 0.6) is 0 Å². The third-order valence-corrected chi connectivity index (χ3v) is 3.29. The van der Waals surface area contributed by atoms with Gasteiger partial charge in [0.1, 0.15) is 0 Å². The van der Waals surface area contributed by atoms with Crippen molar-refractivity contribution in [1.29, 1.82) is 0 Å². The number of carbonyl (C=O) groups is 1. The average Bonchev–Trinajstić information content (AvgIpc) is 3.04. The smallest absolute Gasteiger partial charge is 0.233 e. The highest BCUT2D eigenvalue weighted by atomic mass is 16.5. The maximum atomic E-state index is 11.5. The number of hydrogen-bond acceptors (Lipinski definition) is 3. The molecule has 4 heteroatoms. The van der Waals surface area contributed by atoms with E-state index in [4.69, 9.17) is 4.74 Å². The van der Waals surface area contributed by atoms with E-state index in [0.717, 1.165) is 26.1 Å². The van der Waals surface area contributed by atoms with Crippen LogP contribution in [0.4, 0.5) is 0 Å². The van der Waals surface area contributed by atoms with Gasteiger partial charge in [0.05, 0.1) is 6.54 Å². The van der Waals surface area contributed by atoms with Crippen molar-refractivity contribution in [1.82, 2.24) is 10.6 Å². The second kappa shape index (κ2) is 6.97. The molecule has 1 amide bonds. The molecule has 0 spiro atoms. The predicted molar refractivity (Wildman–Crippen MR) is 68.9 cm³/mol. The minimum Gasteiger partial charge on any atom is -0.385 e. The summed E-state index contributed by atoms with van der Waals surface area (Å²) in [6, 6.07) is 0. The molecule has 0 aromatic rings. The van der Waals surface area contributed by atoms with E-state index < -0.39 is 0 Å². The zero-order chi connectivity index (χ0) is 12.7. The second-order valence-electron chi connectivity index (χ2n) is 5.54. The van der Waals surface area contributed by atoms with E-state index in [2.05, 4.69) is 24.5 Å². The quantitative estimate of drug-likeness (QED) is 0.638. The normalized spacial score (nSPS) is 17.2. The summed E-state index contributed by atoms with van der Waals surface area (Å²) in [5, 5.41) is 6.16. The van der Waals surface area contributed by atoms with Crippen LogP contribution in [0.3, 0.4) is 0 Å². The number of methoxy groups -OCH3 is 1. The number of amides is 1. The fourth-order valence-electron chi connectivity index (χ4n) is 1.83. The fourth-order valence-corrected chi connectivity index (χ4v) is 1.83. The minimum atomic E-state index is 0.0984. The van der Waals surface area contributed by atoms with Gasteiger partial charge in [-0.2, -0.15) is 0 Å². The summed E-state index contributed by atoms with van der Waals surface area (Å²) in [5.41, 5.74) is 0.411. The van der Waals surface area contributed by atoms with Gasteiger partial charge in [-0.1, -0.05) is 13.8 Å². The van der Waals surface area contributed by atoms with Gasteiger partial charge in [-0.25, -0.2) is 0 Å². The van der Waals surface area contributed by atoms with E-state index in [1.807, 2.05) is 0 Å². The first-order valence-electron chi connectivity index (χ1n) is 6.54. The molecule has 0 heterocycles. The van der Waals surface area contributed by atoms with E-state index in [1.165, 1.54) is 12.8 Å². The molecule has 1 aliphatic carbocycles. The number of hydrogen-bond donors (Lipinski definition) is 2. The van der Waals surface area contributed by atoms with Crippen molar-refractivity contribution in [3.8, 4) is 0 Å². The van der Waals surface area contributed by atoms with Gasteiger partial charge in [-0.05, 0) is 30.6 Å². The molecular weight excluding hydrogens is 216 g/mol. The highest BCUT2D eigenvalue weighted by Gasteiger charge is 2.41. The molecule has 1 rings (SSSR count). The van der Waals surface area contributed by atoms with Crippen molar-refractivity contribution in [2.45, 2.75) is 33.1 Å². The molecular formula is C13H26N2O2. The first kappa shape index (κ1) is 14.5. The average molecular weight is 242 g/mol. The summed E-state index contributed by atoms with van der Waals surface area (Å²) in [5.74, 6) is 0.608. The maximum absolute atomic E-state index is 11.5. The number of nitrogens with one attached hydrogen (secondary N) is 2. The molecule has 0 aromatic heterocycles. The lowest BCUT2D eigenvalue weighted by Gasteiger charge is -2.15. The molecule has 0 unspecified atom stereocenters. The maximum Gasteiger partial charge on any atom is 0.233 e. The van der Waals surface area contributed by atoms with Crippen LogP contribution in [0.15, 0.2) is 0 Å². The van der Waals surface area contributed by atoms with E-state index in [9.17, 15) is 4.79 Å². The summed E-state index contributed by atoms with van der Waals surface area (Å²) < 4.78 is 5.10. The van der Waals surface area contributed by atoms with Gasteiger partial charge in [0.15, 0.2) is 0 Å². The summed E-state index contributed by atoms with van der Waals surface area (Å²) >= 11 is 0. The minimum absolute atomic E-state index is 0.0984. The van der Waals surface area contributed by atoms with Gasteiger partial charge in [-0.3, -0.25) is 4.79 Å². The third kappa shape index (κ3) is 6.03. The van der Waals surface area contributed by atoms with Crippen LogP contribution < -0.4 is 10.6 Å². The van der Waals surface area contributed by atoms with E-state index in [-0.39, 0.29) is 5.91 Å². The molecule has 17 heavy (non-hydrogen) atoms. The third-order valence-electron chi connectivity index (χ3n) is 3.29. The second-order valence-corrected chi connectivity index (χ2v) is 5.54. The summed E-state index contributed by atoms with van der Waals surface area (Å²) in [7, 11) is 1.74. The van der Waals surface area contributed by atoms with E-state index in [0.29, 0.717) is 17.9 Å². The van der Waals surface area contributed by atoms with Crippen LogP contribution in [-0.4, -0.2) is 39.3 Å². The first-order chi connectivity index (χ1) is 8.08. The zero-order valence-electron chi connectivity index (χ0n) is 11.3. The standard InChI is InChI=1S/C13H26N2O2/c1-11(2)8-15-12(16)9-14-10-13(4-5-13)6-7-17-3/h11,14H,4-10H2,1-3H3,(H,15,16). The predicted octanol–water partition coefficient (Wildman–Crippen LogP) is 1.16. The van der Waals surface area contributed by atoms with Crippen molar-refractivity contribution < 1.29 is 9.53 Å². The van der Waals surface area contributed by atoms with Crippen molar-refractivity contribution in [2.24, 2.45) is 11.3 Å². The Kier molecular flexibility index (Phi) is 5.92. The van der Waals surface area contributed by atoms with Crippen LogP contribution in [0.25, 0.3) is 0 Å². The lowest BCUT2D eigenvalue weighted by molar-refractivity contribution is -0.120. The van der Waals surface area contributed by atoms with Crippen LogP contribution in [0, 0.1) is 11.3 Å². The highest BCUT2D eigenvalue weighted by Crippen LogP contribution is 2.48. The molecule has 1 fully saturated rings. The van der Waals surface area contributed by atoms with E-state index >= 15 is 0 Å². The Morgan fingerprint density at radius 3 is 2.65 bits per heavy atom. The molecule has 0 aromatic carbocycles. The van der Waals surface area contributed by atoms with Crippen LogP contribution >= 0.6 is 0 Å².